The highest BCUT2D eigenvalue weighted by Crippen LogP contribution is 2.22. The summed E-state index contributed by atoms with van der Waals surface area (Å²) in [6.07, 6.45) is 2.13. The molecule has 1 saturated heterocycles. The summed E-state index contributed by atoms with van der Waals surface area (Å²) in [5.74, 6) is 0. The number of hydrogen-bond donors (Lipinski definition) is 2. The van der Waals surface area contributed by atoms with E-state index in [2.05, 4.69) is 4.72 Å². The van der Waals surface area contributed by atoms with E-state index in [-0.39, 0.29) is 18.0 Å². The molecule has 1 aliphatic rings. The number of methoxy groups -OCH3 is 1. The van der Waals surface area contributed by atoms with Gasteiger partial charge in [-0.05, 0) is 6.07 Å². The zero-order valence-corrected chi connectivity index (χ0v) is 12.4. The molecule has 0 amide bonds. The fraction of sp³-hybridized carbons (Fsp3) is 0.667. The fourth-order valence-electron chi connectivity index (χ4n) is 2.15. The Labute approximate surface area is 118 Å². The minimum atomic E-state index is -3.63. The Kier molecular flexibility index (Phi) is 4.50. The number of aryl methyl sites for hydroxylation is 1. The van der Waals surface area contributed by atoms with E-state index in [0.717, 1.165) is 0 Å². The summed E-state index contributed by atoms with van der Waals surface area (Å²) in [5.41, 5.74) is -0.0576. The standard InChI is InChI=1S/C12H20N2O5S/c1-14-6-11(5-10(14)7-15)20(16,17)13-8-12(18-2)3-4-19-9-12/h5-6,13,15H,3-4,7-9H2,1-2H3. The van der Waals surface area contributed by atoms with Gasteiger partial charge in [0.2, 0.25) is 10.0 Å². The predicted molar refractivity (Wildman–Crippen MR) is 71.7 cm³/mol. The van der Waals surface area contributed by atoms with Gasteiger partial charge in [0.05, 0.1) is 18.1 Å². The third kappa shape index (κ3) is 3.04. The second-order valence-electron chi connectivity index (χ2n) is 4.95. The third-order valence-electron chi connectivity index (χ3n) is 3.64. The SMILES string of the molecule is COC1(CNS(=O)(=O)c2cc(CO)n(C)c2)CCOC1. The van der Waals surface area contributed by atoms with E-state index in [1.165, 1.54) is 12.3 Å². The molecule has 0 aliphatic carbocycles. The van der Waals surface area contributed by atoms with Gasteiger partial charge in [0.25, 0.3) is 0 Å². The van der Waals surface area contributed by atoms with E-state index >= 15 is 0 Å². The van der Waals surface area contributed by atoms with E-state index in [9.17, 15) is 8.42 Å². The van der Waals surface area contributed by atoms with Gasteiger partial charge in [-0.1, -0.05) is 0 Å². The number of sulfonamides is 1. The number of rotatable bonds is 6. The fourth-order valence-corrected chi connectivity index (χ4v) is 3.36. The Hall–Kier alpha value is -0.930. The Morgan fingerprint density at radius 2 is 2.35 bits per heavy atom. The second kappa shape index (κ2) is 5.82. The van der Waals surface area contributed by atoms with Crippen molar-refractivity contribution < 1.29 is 23.0 Å². The predicted octanol–water partition coefficient (Wildman–Crippen LogP) is -0.399. The van der Waals surface area contributed by atoms with Crippen molar-refractivity contribution in [3.8, 4) is 0 Å². The lowest BCUT2D eigenvalue weighted by Crippen LogP contribution is -2.44. The highest BCUT2D eigenvalue weighted by Gasteiger charge is 2.36. The highest BCUT2D eigenvalue weighted by atomic mass is 32.2. The van der Waals surface area contributed by atoms with Crippen LogP contribution in [0.5, 0.6) is 0 Å². The van der Waals surface area contributed by atoms with Crippen LogP contribution < -0.4 is 4.72 Å². The van der Waals surface area contributed by atoms with Gasteiger partial charge < -0.3 is 19.1 Å². The van der Waals surface area contributed by atoms with Crippen molar-refractivity contribution in [1.82, 2.24) is 9.29 Å². The van der Waals surface area contributed by atoms with Crippen LogP contribution in [0.1, 0.15) is 12.1 Å². The molecule has 1 aromatic heterocycles. The molecule has 0 aromatic carbocycles. The quantitative estimate of drug-likeness (QED) is 0.746. The summed E-state index contributed by atoms with van der Waals surface area (Å²) < 4.78 is 39.2. The maximum atomic E-state index is 12.2. The van der Waals surface area contributed by atoms with E-state index < -0.39 is 15.6 Å². The van der Waals surface area contributed by atoms with Crippen LogP contribution in [-0.2, 0) is 33.2 Å². The highest BCUT2D eigenvalue weighted by molar-refractivity contribution is 7.89. The molecule has 1 aromatic rings. The van der Waals surface area contributed by atoms with Gasteiger partial charge in [-0.25, -0.2) is 13.1 Å². The van der Waals surface area contributed by atoms with Crippen LogP contribution in [0.15, 0.2) is 17.2 Å². The van der Waals surface area contributed by atoms with Gasteiger partial charge >= 0.3 is 0 Å². The van der Waals surface area contributed by atoms with Crippen LogP contribution in [-0.4, -0.2) is 50.6 Å². The first-order valence-corrected chi connectivity index (χ1v) is 7.79. The molecule has 0 saturated carbocycles. The number of aliphatic hydroxyl groups excluding tert-OH is 1. The van der Waals surface area contributed by atoms with Gasteiger partial charge in [-0.3, -0.25) is 0 Å². The monoisotopic (exact) mass is 304 g/mol. The first-order chi connectivity index (χ1) is 9.42. The van der Waals surface area contributed by atoms with E-state index in [0.29, 0.717) is 25.3 Å². The molecule has 1 unspecified atom stereocenters. The number of aromatic nitrogens is 1. The average Bonchev–Trinajstić information content (AvgIpc) is 3.04. The Morgan fingerprint density at radius 1 is 1.60 bits per heavy atom. The van der Waals surface area contributed by atoms with Crippen LogP contribution in [0, 0.1) is 0 Å². The molecule has 2 N–H and O–H groups in total. The van der Waals surface area contributed by atoms with Gasteiger partial charge in [0.1, 0.15) is 5.60 Å². The van der Waals surface area contributed by atoms with Crippen molar-refractivity contribution in [3.05, 3.63) is 18.0 Å². The number of ether oxygens (including phenoxy) is 2. The van der Waals surface area contributed by atoms with Crippen LogP contribution in [0.4, 0.5) is 0 Å². The minimum absolute atomic E-state index is 0.134. The minimum Gasteiger partial charge on any atom is -0.390 e. The zero-order chi connectivity index (χ0) is 14.8. The molecule has 7 nitrogen and oxygen atoms in total. The van der Waals surface area contributed by atoms with Gasteiger partial charge in [0.15, 0.2) is 0 Å². The Morgan fingerprint density at radius 3 is 2.85 bits per heavy atom. The molecule has 114 valence electrons. The maximum Gasteiger partial charge on any atom is 0.242 e. The topological polar surface area (TPSA) is 89.8 Å². The summed E-state index contributed by atoms with van der Waals surface area (Å²) in [6.45, 7) is 0.898. The summed E-state index contributed by atoms with van der Waals surface area (Å²) in [4.78, 5) is 0.134. The van der Waals surface area contributed by atoms with E-state index in [1.807, 2.05) is 0 Å². The van der Waals surface area contributed by atoms with E-state index in [4.69, 9.17) is 14.6 Å². The summed E-state index contributed by atoms with van der Waals surface area (Å²) >= 11 is 0. The van der Waals surface area contributed by atoms with Crippen LogP contribution in [0.2, 0.25) is 0 Å². The number of aliphatic hydroxyl groups is 1. The van der Waals surface area contributed by atoms with Crippen LogP contribution in [0.25, 0.3) is 0 Å². The Balaban J connectivity index is 2.10. The number of nitrogens with one attached hydrogen (secondary N) is 1. The third-order valence-corrected chi connectivity index (χ3v) is 5.01. The van der Waals surface area contributed by atoms with Gasteiger partial charge in [0, 0.05) is 45.6 Å². The second-order valence-corrected chi connectivity index (χ2v) is 6.72. The molecule has 1 aliphatic heterocycles. The molecule has 2 heterocycles. The smallest absolute Gasteiger partial charge is 0.242 e. The molecule has 0 bridgehead atoms. The summed E-state index contributed by atoms with van der Waals surface area (Å²) in [7, 11) is -0.388. The normalized spacial score (nSPS) is 23.4. The number of nitrogens with zero attached hydrogens (tertiary/aromatic N) is 1. The molecule has 0 radical (unpaired) electrons. The first kappa shape index (κ1) is 15.5. The number of hydrogen-bond acceptors (Lipinski definition) is 5. The summed E-state index contributed by atoms with van der Waals surface area (Å²) in [6, 6.07) is 1.45. The maximum absolute atomic E-state index is 12.2. The lowest BCUT2D eigenvalue weighted by molar-refractivity contribution is -0.0120. The first-order valence-electron chi connectivity index (χ1n) is 6.31. The Bertz CT molecular complexity index is 560. The van der Waals surface area contributed by atoms with Crippen molar-refractivity contribution in [2.24, 2.45) is 7.05 Å². The molecular formula is C12H20N2O5S. The largest absolute Gasteiger partial charge is 0.390 e. The molecule has 0 spiro atoms. The van der Waals surface area contributed by atoms with Gasteiger partial charge in [-0.2, -0.15) is 0 Å². The van der Waals surface area contributed by atoms with Crippen molar-refractivity contribution in [1.29, 1.82) is 0 Å². The molecule has 1 atom stereocenters. The molecule has 8 heteroatoms. The van der Waals surface area contributed by atoms with Crippen molar-refractivity contribution in [2.75, 3.05) is 26.9 Å². The van der Waals surface area contributed by atoms with Crippen LogP contribution in [0.3, 0.4) is 0 Å². The van der Waals surface area contributed by atoms with Gasteiger partial charge in [-0.15, -0.1) is 0 Å². The van der Waals surface area contributed by atoms with Crippen molar-refractivity contribution in [2.45, 2.75) is 23.5 Å². The van der Waals surface area contributed by atoms with Crippen molar-refractivity contribution in [3.63, 3.8) is 0 Å². The molecule has 1 fully saturated rings. The summed E-state index contributed by atoms with van der Waals surface area (Å²) in [5, 5.41) is 9.11. The van der Waals surface area contributed by atoms with E-state index in [1.54, 1.807) is 18.7 Å². The lowest BCUT2D eigenvalue weighted by atomic mass is 10.0. The molecular weight excluding hydrogens is 284 g/mol. The molecule has 2 rings (SSSR count). The van der Waals surface area contributed by atoms with Crippen molar-refractivity contribution >= 4 is 10.0 Å². The average molecular weight is 304 g/mol. The molecule has 20 heavy (non-hydrogen) atoms. The van der Waals surface area contributed by atoms with Crippen LogP contribution >= 0.6 is 0 Å². The lowest BCUT2D eigenvalue weighted by Gasteiger charge is -2.25. The zero-order valence-electron chi connectivity index (χ0n) is 11.6.